The smallest absolute Gasteiger partial charge is 0.318 e. The topological polar surface area (TPSA) is 235 Å². The van der Waals surface area contributed by atoms with E-state index < -0.39 is 12.3 Å². The van der Waals surface area contributed by atoms with Crippen molar-refractivity contribution >= 4 is 200 Å². The zero-order valence-electron chi connectivity index (χ0n) is 83.4. The molecule has 1 N–H and O–H groups in total. The van der Waals surface area contributed by atoms with Crippen molar-refractivity contribution < 1.29 is 42.5 Å². The van der Waals surface area contributed by atoms with E-state index in [1.165, 1.54) is 0 Å². The second kappa shape index (κ2) is 54.2. The quantitative estimate of drug-likeness (QED) is 0.0336. The molecule has 6 aromatic carbocycles. The largest absolute Gasteiger partial charge is 0.462 e. The molecule has 0 saturated carbocycles. The summed E-state index contributed by atoms with van der Waals surface area (Å²) in [5.41, 5.74) is 9.24. The summed E-state index contributed by atoms with van der Waals surface area (Å²) in [6, 6.07) is 37.9. The van der Waals surface area contributed by atoms with Crippen molar-refractivity contribution in [3.05, 3.63) is 217 Å². The van der Waals surface area contributed by atoms with Gasteiger partial charge in [0.25, 0.3) is 5.91 Å². The molecular weight excluding hydrogens is 2040 g/mol. The van der Waals surface area contributed by atoms with Gasteiger partial charge in [0.2, 0.25) is 31.4 Å². The summed E-state index contributed by atoms with van der Waals surface area (Å²) in [6.07, 6.45) is 14.7. The Labute approximate surface area is 917 Å². The SMILES string of the molecule is S.S.S.S.S.S.[C-]#[N+]C[C@H]1CN(c2nc(OC[C@@H]3CCCN3C)nc3c2CCN(c2cccc4cccc(Cl)c24)C3)CCN1C(=O)/C=C/CN1CC(F)C1.[C-]#[N+]C[C@H]1CN(c2nc(OC[C@@H]3CCCN3C)nc3c2CCN(c2cccc4cccc(Cl)c24)C3)CCN1C(=O)/C=C/CN1CCC(F)C1.[C-]#[N+]C[C@H]1CN(c2nc(OC[C@@H]3CCCN3C)nc3c2CCN(c2cccc4cccc(Cl)c24)C3)CCN1C(=O)C#CCO. The number of alkyl halides is 2. The number of amides is 3. The monoisotopic (exact) mass is 2180 g/mol. The molecule has 9 aromatic rings. The zero-order chi connectivity index (χ0) is 97.7. The average molecular weight is 2180 g/mol. The lowest BCUT2D eigenvalue weighted by molar-refractivity contribution is -0.129. The first-order valence-corrected chi connectivity index (χ1v) is 50.6. The van der Waals surface area contributed by atoms with E-state index in [2.05, 4.69) is 164 Å². The minimum absolute atomic E-state index is 0. The maximum Gasteiger partial charge on any atom is 0.318 e. The van der Waals surface area contributed by atoms with Crippen LogP contribution in [0, 0.1) is 31.6 Å². The summed E-state index contributed by atoms with van der Waals surface area (Å²) in [5, 5.41) is 17.6. The van der Waals surface area contributed by atoms with Crippen molar-refractivity contribution in [3.63, 3.8) is 0 Å². The third-order valence-electron chi connectivity index (χ3n) is 29.5. The Balaban J connectivity index is 0.000000192. The third-order valence-corrected chi connectivity index (χ3v) is 30.5. The second-order valence-electron chi connectivity index (χ2n) is 38.5. The number of aliphatic hydroxyl groups is 1. The number of anilines is 6. The van der Waals surface area contributed by atoms with E-state index in [1.807, 2.05) is 52.3 Å². The van der Waals surface area contributed by atoms with Gasteiger partial charge in [0.1, 0.15) is 74.3 Å². The van der Waals surface area contributed by atoms with E-state index >= 15 is 0 Å². The van der Waals surface area contributed by atoms with Gasteiger partial charge >= 0.3 is 18.0 Å². The first kappa shape index (κ1) is 116. The molecule has 147 heavy (non-hydrogen) atoms. The Kier molecular flexibility index (Phi) is 42.6. The highest BCUT2D eigenvalue weighted by Gasteiger charge is 2.42. The highest BCUT2D eigenvalue weighted by Crippen LogP contribution is 2.43. The number of likely N-dealkylation sites (tertiary alicyclic amines) is 5. The molecule has 3 aromatic heterocycles. The minimum Gasteiger partial charge on any atom is -0.462 e. The number of likely N-dealkylation sites (N-methyl/N-ethyl adjacent to an activating group) is 3. The van der Waals surface area contributed by atoms with Gasteiger partial charge in [-0.3, -0.25) is 24.2 Å². The van der Waals surface area contributed by atoms with Gasteiger partial charge in [0.05, 0.1) is 51.8 Å². The van der Waals surface area contributed by atoms with Crippen molar-refractivity contribution in [2.45, 2.75) is 132 Å². The molecule has 41 heteroatoms. The van der Waals surface area contributed by atoms with Gasteiger partial charge in [-0.15, -0.1) is 0 Å². The van der Waals surface area contributed by atoms with Crippen LogP contribution in [0.4, 0.5) is 43.3 Å². The molecule has 1 unspecified atom stereocenters. The van der Waals surface area contributed by atoms with Crippen LogP contribution in [0.15, 0.2) is 133 Å². The van der Waals surface area contributed by atoms with Crippen molar-refractivity contribution in [3.8, 4) is 29.9 Å². The van der Waals surface area contributed by atoms with E-state index in [4.69, 9.17) is 104 Å². The van der Waals surface area contributed by atoms with Gasteiger partial charge in [-0.05, 0) is 163 Å². The fraction of sp³-hybridized carbons (Fsp3) is 0.491. The minimum atomic E-state index is -0.789. The lowest BCUT2D eigenvalue weighted by Gasteiger charge is -2.41. The number of hydrogen-bond acceptors (Lipinski definition) is 24. The molecular formula is C106H134Cl3F2N23O7S6. The summed E-state index contributed by atoms with van der Waals surface area (Å²) >= 11 is 20.2. The number of nitrogens with zero attached hydrogens (tertiary/aromatic N) is 23. The van der Waals surface area contributed by atoms with Gasteiger partial charge in [0, 0.05) is 198 Å². The van der Waals surface area contributed by atoms with Gasteiger partial charge in [-0.25, -0.2) is 28.5 Å². The first-order chi connectivity index (χ1) is 68.7. The molecule has 11 aliphatic heterocycles. The van der Waals surface area contributed by atoms with E-state index in [1.54, 1.807) is 32.9 Å². The number of carbonyl (C=O) groups excluding carboxylic acids is 3. The Morgan fingerprint density at radius 3 is 1.06 bits per heavy atom. The van der Waals surface area contributed by atoms with Crippen molar-refractivity contribution in [2.75, 3.05) is 234 Å². The lowest BCUT2D eigenvalue weighted by atomic mass is 10.0. The van der Waals surface area contributed by atoms with Gasteiger partial charge < -0.3 is 92.7 Å². The van der Waals surface area contributed by atoms with Crippen LogP contribution >= 0.6 is 116 Å². The number of aromatic nitrogens is 6. The molecule has 0 spiro atoms. The Morgan fingerprint density at radius 2 is 0.741 bits per heavy atom. The molecule has 8 saturated heterocycles. The molecule has 7 atom stereocenters. The predicted octanol–water partition coefficient (Wildman–Crippen LogP) is 13.2. The molecule has 0 bridgehead atoms. The molecule has 14 heterocycles. The van der Waals surface area contributed by atoms with E-state index in [9.17, 15) is 23.2 Å². The molecule has 30 nitrogen and oxygen atoms in total. The maximum absolute atomic E-state index is 13.6. The predicted molar refractivity (Wildman–Crippen MR) is 611 cm³/mol. The summed E-state index contributed by atoms with van der Waals surface area (Å²) in [6.45, 7) is 39.4. The van der Waals surface area contributed by atoms with Crippen LogP contribution in [0.2, 0.25) is 15.1 Å². The van der Waals surface area contributed by atoms with Gasteiger partial charge in [0.15, 0.2) is 0 Å². The normalized spacial score (nSPS) is 21.1. The summed E-state index contributed by atoms with van der Waals surface area (Å²) in [5.74, 6) is 6.82. The van der Waals surface area contributed by atoms with E-state index in [0.29, 0.717) is 180 Å². The zero-order valence-corrected chi connectivity index (χ0v) is 91.7. The molecule has 3 amide bonds. The van der Waals surface area contributed by atoms with E-state index in [0.717, 1.165) is 213 Å². The van der Waals surface area contributed by atoms with Crippen LogP contribution in [0.5, 0.6) is 18.0 Å². The Bertz CT molecular complexity index is 6330. The third kappa shape index (κ3) is 27.3. The first-order valence-electron chi connectivity index (χ1n) is 49.5. The van der Waals surface area contributed by atoms with Crippen molar-refractivity contribution in [1.29, 1.82) is 0 Å². The number of hydrogen-bond donors (Lipinski definition) is 1. The fourth-order valence-electron chi connectivity index (χ4n) is 21.8. The van der Waals surface area contributed by atoms with Crippen LogP contribution in [0.1, 0.15) is 78.7 Å². The molecule has 786 valence electrons. The Hall–Kier alpha value is -9.95. The summed E-state index contributed by atoms with van der Waals surface area (Å²) in [7, 11) is 6.38. The number of fused-ring (bicyclic) bond motifs is 6. The number of carbonyl (C=O) groups is 3. The number of halogens is 5. The summed E-state index contributed by atoms with van der Waals surface area (Å²) in [4.78, 5) is 110. The maximum atomic E-state index is 13.6. The number of piperazine rings is 3. The molecule has 0 aliphatic carbocycles. The molecule has 0 radical (unpaired) electrons. The highest BCUT2D eigenvalue weighted by atomic mass is 35.5. The number of aliphatic hydroxyl groups excluding tert-OH is 1. The van der Waals surface area contributed by atoms with Crippen LogP contribution in [-0.2, 0) is 53.3 Å². The lowest BCUT2D eigenvalue weighted by Crippen LogP contribution is -2.56. The molecule has 8 fully saturated rings. The van der Waals surface area contributed by atoms with Crippen molar-refractivity contribution in [2.24, 2.45) is 0 Å². The summed E-state index contributed by atoms with van der Waals surface area (Å²) < 4.78 is 45.7. The van der Waals surface area contributed by atoms with E-state index in [-0.39, 0.29) is 143 Å². The average Bonchev–Trinajstić information content (AvgIpc) is 1.51. The van der Waals surface area contributed by atoms with Crippen LogP contribution in [0.3, 0.4) is 0 Å². The van der Waals surface area contributed by atoms with Gasteiger partial charge in [-0.1, -0.05) is 126 Å². The van der Waals surface area contributed by atoms with Crippen LogP contribution in [-0.4, -0.2) is 345 Å². The van der Waals surface area contributed by atoms with Crippen molar-refractivity contribution in [1.82, 2.24) is 69.1 Å². The van der Waals surface area contributed by atoms with Crippen LogP contribution in [0.25, 0.3) is 46.9 Å². The second-order valence-corrected chi connectivity index (χ2v) is 39.7. The molecule has 11 aliphatic rings. The van der Waals surface area contributed by atoms with Gasteiger partial charge in [-0.2, -0.15) is 111 Å². The fourth-order valence-corrected chi connectivity index (χ4v) is 22.7. The Morgan fingerprint density at radius 1 is 0.408 bits per heavy atom. The standard InChI is InChI=1S/C37H44ClFN8O2.C36H42ClFN8O2.C33H36ClN7O3.6H2S/c1-40-21-29-23-46(19-20-47(29)34(48)12-6-16-44-17-13-27(39)22-44)36-30-14-18-45(33-11-4-8-26-7-3-10-31(38)35(26)33)24-32(30)41-37(42-36)49-25-28-9-5-15-43(28)2;1-39-19-28-22-45(17-18-46(28)33(47)12-6-15-43-20-26(38)21-43)35-29-13-16-44(32-11-4-8-25-7-3-10-30(37)34(25)32)23-31(29)40-36(41-35)48-24-27-9-5-14-42(27)2;1-35-19-25-20-40(16-17-41(25)30(43)12-6-18-42)32-26-13-15-39(29-11-4-8-23-7-3-10-27(34)31(23)29)21-28(26)36-33(37-32)44-22-24-9-5-14-38(24)2;;;;;;/h3-4,6-8,10-12,27-29H,5,9,13-25H2,2H3;3-4,6-8,10-12,26-28H,5,9,13-24H2,2H3;3-4,7-8,10-11,24-25,42H,5,9,13-22H2,2H3;6*1H2/b2*12-6+;;;;;;;/t27?,28-,29-;27-,28-;24-,25-;;;;;;/m000....../s1. The number of ether oxygens (including phenoxy) is 3. The van der Waals surface area contributed by atoms with Crippen LogP contribution < -0.4 is 43.6 Å². The number of benzene rings is 6. The highest BCUT2D eigenvalue weighted by molar-refractivity contribution is 7.60. The molecule has 20 rings (SSSR count). The number of rotatable bonds is 24.